The van der Waals surface area contributed by atoms with Gasteiger partial charge < -0.3 is 5.11 Å². The molecular weight excluding hydrogens is 222 g/mol. The van der Waals surface area contributed by atoms with E-state index < -0.39 is 0 Å². The molecule has 0 aliphatic carbocycles. The first-order chi connectivity index (χ1) is 8.72. The predicted molar refractivity (Wildman–Crippen MR) is 73.6 cm³/mol. The molecule has 18 heavy (non-hydrogen) atoms. The van der Waals surface area contributed by atoms with Gasteiger partial charge in [-0.1, -0.05) is 18.2 Å². The molecule has 2 heteroatoms. The number of nitrogens with zero attached hydrogens (tertiary/aromatic N) is 1. The Balaban J connectivity index is 2.15. The molecule has 2 nitrogen and oxygen atoms in total. The van der Waals surface area contributed by atoms with Crippen molar-refractivity contribution in [1.82, 2.24) is 4.98 Å². The SMILES string of the molecule is Cc1ccc2ccc(-c3ccc(O)cc3)nc2c1. The Morgan fingerprint density at radius 2 is 1.61 bits per heavy atom. The van der Waals surface area contributed by atoms with E-state index in [1.165, 1.54) is 5.56 Å². The molecule has 2 aromatic carbocycles. The number of phenolic OH excluding ortho intramolecular Hbond substituents is 1. The Morgan fingerprint density at radius 1 is 0.889 bits per heavy atom. The summed E-state index contributed by atoms with van der Waals surface area (Å²) in [5.41, 5.74) is 4.14. The van der Waals surface area contributed by atoms with E-state index in [2.05, 4.69) is 36.2 Å². The van der Waals surface area contributed by atoms with E-state index in [0.29, 0.717) is 0 Å². The summed E-state index contributed by atoms with van der Waals surface area (Å²) in [4.78, 5) is 4.65. The summed E-state index contributed by atoms with van der Waals surface area (Å²) in [6.45, 7) is 2.06. The number of phenols is 1. The standard InChI is InChI=1S/C16H13NO/c1-11-2-3-13-6-9-15(17-16(13)10-11)12-4-7-14(18)8-5-12/h2-10,18H,1H3. The molecule has 0 spiro atoms. The predicted octanol–water partition coefficient (Wildman–Crippen LogP) is 3.92. The Hall–Kier alpha value is -2.35. The van der Waals surface area contributed by atoms with E-state index in [-0.39, 0.29) is 5.75 Å². The minimum atomic E-state index is 0.274. The quantitative estimate of drug-likeness (QED) is 0.693. The monoisotopic (exact) mass is 235 g/mol. The molecule has 1 aromatic heterocycles. The van der Waals surface area contributed by atoms with Gasteiger partial charge in [-0.3, -0.25) is 0 Å². The molecule has 0 bridgehead atoms. The van der Waals surface area contributed by atoms with Crippen LogP contribution in [-0.4, -0.2) is 10.1 Å². The summed E-state index contributed by atoms with van der Waals surface area (Å²) in [6, 6.07) is 17.4. The largest absolute Gasteiger partial charge is 0.508 e. The van der Waals surface area contributed by atoms with Crippen LogP contribution >= 0.6 is 0 Å². The number of fused-ring (bicyclic) bond motifs is 1. The van der Waals surface area contributed by atoms with Crippen molar-refractivity contribution in [3.05, 3.63) is 60.2 Å². The second kappa shape index (κ2) is 4.15. The molecule has 1 N–H and O–H groups in total. The van der Waals surface area contributed by atoms with Crippen LogP contribution in [0, 0.1) is 6.92 Å². The van der Waals surface area contributed by atoms with E-state index in [1.807, 2.05) is 18.2 Å². The van der Waals surface area contributed by atoms with Gasteiger partial charge >= 0.3 is 0 Å². The van der Waals surface area contributed by atoms with Gasteiger partial charge in [-0.15, -0.1) is 0 Å². The van der Waals surface area contributed by atoms with Crippen LogP contribution < -0.4 is 0 Å². The lowest BCUT2D eigenvalue weighted by Crippen LogP contribution is -1.85. The van der Waals surface area contributed by atoms with Crippen molar-refractivity contribution >= 4 is 10.9 Å². The van der Waals surface area contributed by atoms with E-state index in [4.69, 9.17) is 0 Å². The molecule has 0 radical (unpaired) electrons. The average molecular weight is 235 g/mol. The van der Waals surface area contributed by atoms with Crippen LogP contribution in [0.3, 0.4) is 0 Å². The summed E-state index contributed by atoms with van der Waals surface area (Å²) < 4.78 is 0. The maximum absolute atomic E-state index is 9.29. The highest BCUT2D eigenvalue weighted by Crippen LogP contribution is 2.23. The van der Waals surface area contributed by atoms with Gasteiger partial charge in [0.05, 0.1) is 11.2 Å². The Bertz CT molecular complexity index is 702. The van der Waals surface area contributed by atoms with Crippen LogP contribution in [0.4, 0.5) is 0 Å². The molecule has 0 amide bonds. The third kappa shape index (κ3) is 1.93. The summed E-state index contributed by atoms with van der Waals surface area (Å²) >= 11 is 0. The van der Waals surface area contributed by atoms with Crippen molar-refractivity contribution in [2.75, 3.05) is 0 Å². The fourth-order valence-corrected chi connectivity index (χ4v) is 2.02. The molecule has 0 aliphatic heterocycles. The van der Waals surface area contributed by atoms with Crippen molar-refractivity contribution in [3.63, 3.8) is 0 Å². The Morgan fingerprint density at radius 3 is 2.39 bits per heavy atom. The van der Waals surface area contributed by atoms with E-state index in [1.54, 1.807) is 12.1 Å². The molecule has 0 atom stereocenters. The van der Waals surface area contributed by atoms with Crippen LogP contribution in [0.15, 0.2) is 54.6 Å². The third-order valence-electron chi connectivity index (χ3n) is 3.01. The molecule has 3 aromatic rings. The summed E-state index contributed by atoms with van der Waals surface area (Å²) in [5.74, 6) is 0.274. The maximum atomic E-state index is 9.29. The van der Waals surface area contributed by atoms with Crippen LogP contribution in [0.25, 0.3) is 22.2 Å². The molecular formula is C16H13NO. The van der Waals surface area contributed by atoms with Gasteiger partial charge in [-0.05, 0) is 48.9 Å². The highest BCUT2D eigenvalue weighted by molar-refractivity contribution is 5.82. The van der Waals surface area contributed by atoms with Crippen molar-refractivity contribution in [2.24, 2.45) is 0 Å². The molecule has 0 fully saturated rings. The fraction of sp³-hybridized carbons (Fsp3) is 0.0625. The second-order valence-electron chi connectivity index (χ2n) is 4.44. The number of hydrogen-bond acceptors (Lipinski definition) is 2. The topological polar surface area (TPSA) is 33.1 Å². The molecule has 88 valence electrons. The minimum Gasteiger partial charge on any atom is -0.508 e. The zero-order valence-electron chi connectivity index (χ0n) is 10.1. The van der Waals surface area contributed by atoms with Crippen LogP contribution in [0.1, 0.15) is 5.56 Å². The number of aromatic nitrogens is 1. The Kier molecular flexibility index (Phi) is 2.49. The molecule has 0 saturated carbocycles. The van der Waals surface area contributed by atoms with Crippen LogP contribution in [0.5, 0.6) is 5.75 Å². The maximum Gasteiger partial charge on any atom is 0.115 e. The number of aryl methyl sites for hydroxylation is 1. The lowest BCUT2D eigenvalue weighted by Gasteiger charge is -2.04. The highest BCUT2D eigenvalue weighted by Gasteiger charge is 2.01. The first kappa shape index (κ1) is 10.8. The fourth-order valence-electron chi connectivity index (χ4n) is 2.02. The van der Waals surface area contributed by atoms with Gasteiger partial charge in [0.25, 0.3) is 0 Å². The first-order valence-corrected chi connectivity index (χ1v) is 5.89. The lowest BCUT2D eigenvalue weighted by molar-refractivity contribution is 0.475. The number of rotatable bonds is 1. The summed E-state index contributed by atoms with van der Waals surface area (Å²) in [5, 5.41) is 10.4. The van der Waals surface area contributed by atoms with Crippen molar-refractivity contribution in [1.29, 1.82) is 0 Å². The molecule has 3 rings (SSSR count). The second-order valence-corrected chi connectivity index (χ2v) is 4.44. The molecule has 0 aliphatic rings. The minimum absolute atomic E-state index is 0.274. The number of aromatic hydroxyl groups is 1. The van der Waals surface area contributed by atoms with Crippen molar-refractivity contribution in [2.45, 2.75) is 6.92 Å². The zero-order valence-corrected chi connectivity index (χ0v) is 10.1. The van der Waals surface area contributed by atoms with Gasteiger partial charge in [0, 0.05) is 10.9 Å². The highest BCUT2D eigenvalue weighted by atomic mass is 16.3. The number of hydrogen-bond donors (Lipinski definition) is 1. The average Bonchev–Trinajstić information content (AvgIpc) is 2.38. The summed E-state index contributed by atoms with van der Waals surface area (Å²) in [7, 11) is 0. The van der Waals surface area contributed by atoms with Gasteiger partial charge in [0.2, 0.25) is 0 Å². The smallest absolute Gasteiger partial charge is 0.115 e. The molecule has 1 heterocycles. The van der Waals surface area contributed by atoms with E-state index in [0.717, 1.165) is 22.2 Å². The zero-order chi connectivity index (χ0) is 12.5. The lowest BCUT2D eigenvalue weighted by atomic mass is 10.1. The van der Waals surface area contributed by atoms with E-state index >= 15 is 0 Å². The van der Waals surface area contributed by atoms with Crippen molar-refractivity contribution in [3.8, 4) is 17.0 Å². The van der Waals surface area contributed by atoms with Gasteiger partial charge in [-0.2, -0.15) is 0 Å². The van der Waals surface area contributed by atoms with Gasteiger partial charge in [0.15, 0.2) is 0 Å². The molecule has 0 saturated heterocycles. The molecule has 0 unspecified atom stereocenters. The van der Waals surface area contributed by atoms with E-state index in [9.17, 15) is 5.11 Å². The number of benzene rings is 2. The first-order valence-electron chi connectivity index (χ1n) is 5.89. The number of pyridine rings is 1. The van der Waals surface area contributed by atoms with Crippen LogP contribution in [0.2, 0.25) is 0 Å². The van der Waals surface area contributed by atoms with Crippen LogP contribution in [-0.2, 0) is 0 Å². The summed E-state index contributed by atoms with van der Waals surface area (Å²) in [6.07, 6.45) is 0. The van der Waals surface area contributed by atoms with Gasteiger partial charge in [0.1, 0.15) is 5.75 Å². The normalized spacial score (nSPS) is 10.7. The van der Waals surface area contributed by atoms with Crippen molar-refractivity contribution < 1.29 is 5.11 Å². The van der Waals surface area contributed by atoms with Gasteiger partial charge in [-0.25, -0.2) is 4.98 Å². The third-order valence-corrected chi connectivity index (χ3v) is 3.01. The Labute approximate surface area is 106 Å².